The lowest BCUT2D eigenvalue weighted by Crippen LogP contribution is -2.49. The van der Waals surface area contributed by atoms with Gasteiger partial charge in [0, 0.05) is 12.1 Å². The molecular formula is C10H16N4O4S. The molecule has 106 valence electrons. The highest BCUT2D eigenvalue weighted by atomic mass is 32.2. The SMILES string of the molecule is NC1CCCCC1S(=O)(=O)NC(=O)Oc1ccn[nH]1. The summed E-state index contributed by atoms with van der Waals surface area (Å²) in [5.41, 5.74) is 5.79. The van der Waals surface area contributed by atoms with E-state index >= 15 is 0 Å². The molecule has 0 aromatic carbocycles. The zero-order valence-electron chi connectivity index (χ0n) is 10.2. The highest BCUT2D eigenvalue weighted by molar-refractivity contribution is 7.90. The van der Waals surface area contributed by atoms with Crippen LogP contribution >= 0.6 is 0 Å². The second-order valence-electron chi connectivity index (χ2n) is 4.44. The van der Waals surface area contributed by atoms with Crippen LogP contribution in [0.3, 0.4) is 0 Å². The summed E-state index contributed by atoms with van der Waals surface area (Å²) in [6.07, 6.45) is 3.10. The molecular weight excluding hydrogens is 272 g/mol. The van der Waals surface area contributed by atoms with Crippen LogP contribution in [0, 0.1) is 0 Å². The Balaban J connectivity index is 1.98. The van der Waals surface area contributed by atoms with Crippen molar-refractivity contribution in [2.45, 2.75) is 37.0 Å². The van der Waals surface area contributed by atoms with Gasteiger partial charge in [-0.05, 0) is 12.8 Å². The molecule has 1 fully saturated rings. The number of rotatable bonds is 3. The third kappa shape index (κ3) is 3.44. The lowest BCUT2D eigenvalue weighted by atomic mass is 9.96. The molecule has 0 radical (unpaired) electrons. The second kappa shape index (κ2) is 5.57. The van der Waals surface area contributed by atoms with Crippen LogP contribution in [0.1, 0.15) is 25.7 Å². The van der Waals surface area contributed by atoms with Crippen molar-refractivity contribution in [1.29, 1.82) is 0 Å². The maximum Gasteiger partial charge on any atom is 0.427 e. The maximum atomic E-state index is 12.0. The number of nitrogens with one attached hydrogen (secondary N) is 2. The normalized spacial score (nSPS) is 23.8. The Morgan fingerprint density at radius 1 is 1.47 bits per heavy atom. The van der Waals surface area contributed by atoms with Crippen LogP contribution < -0.4 is 15.2 Å². The Kier molecular flexibility index (Phi) is 4.05. The molecule has 1 saturated carbocycles. The number of carbonyl (C=O) groups is 1. The van der Waals surface area contributed by atoms with Crippen LogP contribution in [-0.4, -0.2) is 36.0 Å². The number of sulfonamides is 1. The van der Waals surface area contributed by atoms with Crippen LogP contribution in [0.2, 0.25) is 0 Å². The number of nitrogens with two attached hydrogens (primary N) is 1. The van der Waals surface area contributed by atoms with E-state index in [2.05, 4.69) is 10.2 Å². The van der Waals surface area contributed by atoms with Gasteiger partial charge in [-0.2, -0.15) is 5.10 Å². The van der Waals surface area contributed by atoms with Gasteiger partial charge in [-0.3, -0.25) is 0 Å². The number of ether oxygens (including phenoxy) is 1. The molecule has 0 spiro atoms. The van der Waals surface area contributed by atoms with Gasteiger partial charge >= 0.3 is 6.09 Å². The van der Waals surface area contributed by atoms with Gasteiger partial charge in [0.05, 0.1) is 11.4 Å². The number of carbonyl (C=O) groups excluding carboxylic acids is 1. The highest BCUT2D eigenvalue weighted by Gasteiger charge is 2.35. The molecule has 8 nitrogen and oxygen atoms in total. The molecule has 1 amide bonds. The van der Waals surface area contributed by atoms with Crippen molar-refractivity contribution in [2.24, 2.45) is 5.73 Å². The number of nitrogens with zero attached hydrogens (tertiary/aromatic N) is 1. The number of hydrogen-bond donors (Lipinski definition) is 3. The largest absolute Gasteiger partial charge is 0.427 e. The van der Waals surface area contributed by atoms with E-state index in [1.165, 1.54) is 12.3 Å². The van der Waals surface area contributed by atoms with Gasteiger partial charge in [0.25, 0.3) is 0 Å². The molecule has 2 atom stereocenters. The summed E-state index contributed by atoms with van der Waals surface area (Å²) in [5, 5.41) is 5.21. The van der Waals surface area contributed by atoms with Crippen LogP contribution in [0.4, 0.5) is 4.79 Å². The summed E-state index contributed by atoms with van der Waals surface area (Å²) in [6, 6.07) is 0.949. The Morgan fingerprint density at radius 3 is 2.84 bits per heavy atom. The molecule has 1 aliphatic carbocycles. The van der Waals surface area contributed by atoms with Crippen LogP contribution in [0.25, 0.3) is 0 Å². The average molecular weight is 288 g/mol. The summed E-state index contributed by atoms with van der Waals surface area (Å²) in [6.45, 7) is 0. The summed E-state index contributed by atoms with van der Waals surface area (Å²) in [7, 11) is -3.82. The van der Waals surface area contributed by atoms with E-state index in [1.54, 1.807) is 0 Å². The minimum absolute atomic E-state index is 0.0700. The number of aromatic nitrogens is 2. The molecule has 0 aliphatic heterocycles. The third-order valence-electron chi connectivity index (χ3n) is 3.06. The fourth-order valence-electron chi connectivity index (χ4n) is 2.12. The monoisotopic (exact) mass is 288 g/mol. The van der Waals surface area contributed by atoms with Crippen LogP contribution in [0.5, 0.6) is 5.88 Å². The molecule has 1 aromatic rings. The Hall–Kier alpha value is -1.61. The van der Waals surface area contributed by atoms with Crippen molar-refractivity contribution in [1.82, 2.24) is 14.9 Å². The summed E-state index contributed by atoms with van der Waals surface area (Å²) in [4.78, 5) is 11.5. The van der Waals surface area contributed by atoms with Gasteiger partial charge in [0.15, 0.2) is 0 Å². The van der Waals surface area contributed by atoms with E-state index in [0.29, 0.717) is 12.8 Å². The lowest BCUT2D eigenvalue weighted by Gasteiger charge is -2.27. The van der Waals surface area contributed by atoms with E-state index < -0.39 is 27.4 Å². The number of aromatic amines is 1. The average Bonchev–Trinajstić information content (AvgIpc) is 2.81. The first-order valence-corrected chi connectivity index (χ1v) is 7.52. The molecule has 1 aromatic heterocycles. The van der Waals surface area contributed by atoms with Crippen LogP contribution in [0.15, 0.2) is 12.3 Å². The first-order valence-electron chi connectivity index (χ1n) is 5.97. The second-order valence-corrected chi connectivity index (χ2v) is 6.34. The van der Waals surface area contributed by atoms with E-state index in [1.807, 2.05) is 4.72 Å². The predicted molar refractivity (Wildman–Crippen MR) is 66.9 cm³/mol. The fourth-order valence-corrected chi connectivity index (χ4v) is 3.62. The summed E-state index contributed by atoms with van der Waals surface area (Å²) in [5.74, 6) is 0.0700. The zero-order valence-corrected chi connectivity index (χ0v) is 11.0. The quantitative estimate of drug-likeness (QED) is 0.723. The molecule has 0 saturated heterocycles. The first kappa shape index (κ1) is 13.8. The van der Waals surface area contributed by atoms with Gasteiger partial charge in [0.2, 0.25) is 15.9 Å². The molecule has 1 aliphatic rings. The Labute approximate surface area is 110 Å². The highest BCUT2D eigenvalue weighted by Crippen LogP contribution is 2.22. The van der Waals surface area contributed by atoms with Crippen molar-refractivity contribution >= 4 is 16.1 Å². The lowest BCUT2D eigenvalue weighted by molar-refractivity contribution is 0.204. The fraction of sp³-hybridized carbons (Fsp3) is 0.600. The molecule has 9 heteroatoms. The van der Waals surface area contributed by atoms with E-state index in [-0.39, 0.29) is 5.88 Å². The summed E-state index contributed by atoms with van der Waals surface area (Å²) >= 11 is 0. The van der Waals surface area contributed by atoms with Crippen molar-refractivity contribution < 1.29 is 17.9 Å². The minimum atomic E-state index is -3.82. The Bertz CT molecular complexity index is 528. The van der Waals surface area contributed by atoms with Crippen molar-refractivity contribution in [2.75, 3.05) is 0 Å². The molecule has 2 rings (SSSR count). The van der Waals surface area contributed by atoms with Gasteiger partial charge in [-0.1, -0.05) is 12.8 Å². The molecule has 1 heterocycles. The standard InChI is InChI=1S/C10H16N4O4S/c11-7-3-1-2-4-8(7)19(16,17)14-10(15)18-9-5-6-12-13-9/h5-8H,1-4,11H2,(H,12,13)(H,14,15). The van der Waals surface area contributed by atoms with Crippen molar-refractivity contribution in [3.05, 3.63) is 12.3 Å². The Morgan fingerprint density at radius 2 is 2.21 bits per heavy atom. The van der Waals surface area contributed by atoms with Crippen LogP contribution in [-0.2, 0) is 10.0 Å². The zero-order chi connectivity index (χ0) is 13.9. The van der Waals surface area contributed by atoms with E-state index in [0.717, 1.165) is 12.8 Å². The van der Waals surface area contributed by atoms with Crippen molar-refractivity contribution in [3.8, 4) is 5.88 Å². The van der Waals surface area contributed by atoms with E-state index in [4.69, 9.17) is 10.5 Å². The topological polar surface area (TPSA) is 127 Å². The maximum absolute atomic E-state index is 12.0. The first-order chi connectivity index (χ1) is 8.99. The van der Waals surface area contributed by atoms with Crippen molar-refractivity contribution in [3.63, 3.8) is 0 Å². The number of H-pyrrole nitrogens is 1. The predicted octanol–water partition coefficient (Wildman–Crippen LogP) is 0.0978. The third-order valence-corrected chi connectivity index (χ3v) is 4.89. The minimum Gasteiger partial charge on any atom is -0.391 e. The molecule has 19 heavy (non-hydrogen) atoms. The number of hydrogen-bond acceptors (Lipinski definition) is 6. The van der Waals surface area contributed by atoms with Gasteiger partial charge in [-0.15, -0.1) is 0 Å². The van der Waals surface area contributed by atoms with E-state index in [9.17, 15) is 13.2 Å². The summed E-state index contributed by atoms with van der Waals surface area (Å²) < 4.78 is 30.6. The molecule has 4 N–H and O–H groups in total. The number of amides is 1. The van der Waals surface area contributed by atoms with Gasteiger partial charge < -0.3 is 10.5 Å². The molecule has 0 bridgehead atoms. The van der Waals surface area contributed by atoms with Gasteiger partial charge in [0.1, 0.15) is 0 Å². The smallest absolute Gasteiger partial charge is 0.391 e. The van der Waals surface area contributed by atoms with Gasteiger partial charge in [-0.25, -0.2) is 23.0 Å². The molecule has 2 unspecified atom stereocenters.